The van der Waals surface area contributed by atoms with E-state index in [-0.39, 0.29) is 12.0 Å². The van der Waals surface area contributed by atoms with Gasteiger partial charge in [-0.2, -0.15) is 0 Å². The molecule has 1 unspecified atom stereocenters. The van der Waals surface area contributed by atoms with Crippen LogP contribution in [0.15, 0.2) is 0 Å². The SMILES string of the molecule is CN1CC(OC=O)CC1=O. The molecule has 1 rings (SSSR count). The second kappa shape index (κ2) is 2.68. The zero-order valence-corrected chi connectivity index (χ0v) is 5.74. The lowest BCUT2D eigenvalue weighted by molar-refractivity contribution is -0.133. The van der Waals surface area contributed by atoms with Crippen LogP contribution < -0.4 is 0 Å². The summed E-state index contributed by atoms with van der Waals surface area (Å²) < 4.78 is 4.60. The average Bonchev–Trinajstić information content (AvgIpc) is 2.14. The Balaban J connectivity index is 2.41. The predicted octanol–water partition coefficient (Wildman–Crippen LogP) is -0.610. The molecule has 0 aromatic carbocycles. The number of hydrogen-bond acceptors (Lipinski definition) is 3. The summed E-state index contributed by atoms with van der Waals surface area (Å²) >= 11 is 0. The highest BCUT2D eigenvalue weighted by Gasteiger charge is 2.27. The van der Waals surface area contributed by atoms with Crippen molar-refractivity contribution >= 4 is 12.4 Å². The maximum absolute atomic E-state index is 10.8. The Morgan fingerprint density at radius 3 is 2.90 bits per heavy atom. The number of likely N-dealkylation sites (N-methyl/N-ethyl adjacent to an activating group) is 1. The van der Waals surface area contributed by atoms with E-state index < -0.39 is 0 Å². The van der Waals surface area contributed by atoms with Crippen molar-refractivity contribution in [3.63, 3.8) is 0 Å². The molecule has 1 aliphatic heterocycles. The van der Waals surface area contributed by atoms with Crippen LogP contribution in [-0.2, 0) is 14.3 Å². The largest absolute Gasteiger partial charge is 0.462 e. The second-order valence-electron chi connectivity index (χ2n) is 2.33. The van der Waals surface area contributed by atoms with Gasteiger partial charge in [-0.25, -0.2) is 0 Å². The van der Waals surface area contributed by atoms with Crippen LogP contribution in [0.25, 0.3) is 0 Å². The standard InChI is InChI=1S/C6H9NO3/c1-7-3-5(10-4-8)2-6(7)9/h4-5H,2-3H2,1H3. The van der Waals surface area contributed by atoms with Crippen molar-refractivity contribution in [1.29, 1.82) is 0 Å². The molecule has 0 bridgehead atoms. The Morgan fingerprint density at radius 1 is 1.80 bits per heavy atom. The van der Waals surface area contributed by atoms with Crippen LogP contribution in [0.3, 0.4) is 0 Å². The highest BCUT2D eigenvalue weighted by molar-refractivity contribution is 5.78. The van der Waals surface area contributed by atoms with E-state index in [1.807, 2.05) is 0 Å². The van der Waals surface area contributed by atoms with Crippen molar-refractivity contribution in [3.8, 4) is 0 Å². The molecule has 4 heteroatoms. The van der Waals surface area contributed by atoms with E-state index in [0.717, 1.165) is 0 Å². The lowest BCUT2D eigenvalue weighted by Gasteiger charge is -2.07. The van der Waals surface area contributed by atoms with Crippen LogP contribution >= 0.6 is 0 Å². The van der Waals surface area contributed by atoms with Crippen molar-refractivity contribution in [3.05, 3.63) is 0 Å². The minimum atomic E-state index is -0.227. The maximum atomic E-state index is 10.8. The normalized spacial score (nSPS) is 25.1. The van der Waals surface area contributed by atoms with Crippen LogP contribution in [0, 0.1) is 0 Å². The van der Waals surface area contributed by atoms with Gasteiger partial charge in [-0.3, -0.25) is 9.59 Å². The number of likely N-dealkylation sites (tertiary alicyclic amines) is 1. The van der Waals surface area contributed by atoms with Crippen molar-refractivity contribution < 1.29 is 14.3 Å². The molecule has 1 fully saturated rings. The fourth-order valence-electron chi connectivity index (χ4n) is 0.992. The van der Waals surface area contributed by atoms with E-state index in [2.05, 4.69) is 4.74 Å². The minimum absolute atomic E-state index is 0.0341. The van der Waals surface area contributed by atoms with Crippen molar-refractivity contribution in [2.75, 3.05) is 13.6 Å². The average molecular weight is 143 g/mol. The molecule has 0 N–H and O–H groups in total. The molecule has 0 aliphatic carbocycles. The molecule has 10 heavy (non-hydrogen) atoms. The number of ether oxygens (including phenoxy) is 1. The zero-order chi connectivity index (χ0) is 7.56. The van der Waals surface area contributed by atoms with Crippen LogP contribution in [-0.4, -0.2) is 37.0 Å². The molecular formula is C6H9NO3. The Hall–Kier alpha value is -1.06. The van der Waals surface area contributed by atoms with Crippen LogP contribution in [0.5, 0.6) is 0 Å². The summed E-state index contributed by atoms with van der Waals surface area (Å²) in [6.45, 7) is 0.911. The van der Waals surface area contributed by atoms with Crippen molar-refractivity contribution in [1.82, 2.24) is 4.90 Å². The maximum Gasteiger partial charge on any atom is 0.293 e. The van der Waals surface area contributed by atoms with Crippen LogP contribution in [0.2, 0.25) is 0 Å². The third-order valence-corrected chi connectivity index (χ3v) is 1.55. The molecule has 1 aliphatic rings. The third kappa shape index (κ3) is 1.26. The van der Waals surface area contributed by atoms with Gasteiger partial charge in [-0.05, 0) is 0 Å². The summed E-state index contributed by atoms with van der Waals surface area (Å²) in [5, 5.41) is 0. The molecule has 0 aromatic heterocycles. The molecule has 4 nitrogen and oxygen atoms in total. The highest BCUT2D eigenvalue weighted by Crippen LogP contribution is 2.10. The first-order chi connectivity index (χ1) is 4.74. The number of hydrogen-bond donors (Lipinski definition) is 0. The smallest absolute Gasteiger partial charge is 0.293 e. The molecule has 0 radical (unpaired) electrons. The lowest BCUT2D eigenvalue weighted by atomic mass is 10.3. The van der Waals surface area contributed by atoms with Crippen molar-refractivity contribution in [2.45, 2.75) is 12.5 Å². The fraction of sp³-hybridized carbons (Fsp3) is 0.667. The summed E-state index contributed by atoms with van der Waals surface area (Å²) in [7, 11) is 1.69. The number of nitrogens with zero attached hydrogens (tertiary/aromatic N) is 1. The van der Waals surface area contributed by atoms with Gasteiger partial charge in [0.2, 0.25) is 5.91 Å². The summed E-state index contributed by atoms with van der Waals surface area (Å²) in [5.74, 6) is 0.0341. The van der Waals surface area contributed by atoms with E-state index in [0.29, 0.717) is 19.4 Å². The Morgan fingerprint density at radius 2 is 2.50 bits per heavy atom. The quantitative estimate of drug-likeness (QED) is 0.484. The first kappa shape index (κ1) is 7.05. The predicted molar refractivity (Wildman–Crippen MR) is 33.2 cm³/mol. The summed E-state index contributed by atoms with van der Waals surface area (Å²) in [5.41, 5.74) is 0. The molecule has 1 saturated heterocycles. The van der Waals surface area contributed by atoms with Gasteiger partial charge in [0.05, 0.1) is 13.0 Å². The summed E-state index contributed by atoms with van der Waals surface area (Å²) in [4.78, 5) is 22.2. The minimum Gasteiger partial charge on any atom is -0.462 e. The van der Waals surface area contributed by atoms with Gasteiger partial charge >= 0.3 is 0 Å². The summed E-state index contributed by atoms with van der Waals surface area (Å²) in [6.07, 6.45) is 0.102. The fourth-order valence-corrected chi connectivity index (χ4v) is 0.992. The van der Waals surface area contributed by atoms with E-state index >= 15 is 0 Å². The lowest BCUT2D eigenvalue weighted by Crippen LogP contribution is -2.20. The number of amides is 1. The second-order valence-corrected chi connectivity index (χ2v) is 2.33. The third-order valence-electron chi connectivity index (χ3n) is 1.55. The van der Waals surface area contributed by atoms with E-state index in [1.54, 1.807) is 11.9 Å². The molecule has 1 atom stereocenters. The van der Waals surface area contributed by atoms with Crippen LogP contribution in [0.4, 0.5) is 0 Å². The summed E-state index contributed by atoms with van der Waals surface area (Å²) in [6, 6.07) is 0. The van der Waals surface area contributed by atoms with Gasteiger partial charge < -0.3 is 9.64 Å². The number of carbonyl (C=O) groups is 2. The molecular weight excluding hydrogens is 134 g/mol. The van der Waals surface area contributed by atoms with Gasteiger partial charge in [0, 0.05) is 7.05 Å². The first-order valence-electron chi connectivity index (χ1n) is 3.07. The monoisotopic (exact) mass is 143 g/mol. The first-order valence-corrected chi connectivity index (χ1v) is 3.07. The Kier molecular flexibility index (Phi) is 1.89. The van der Waals surface area contributed by atoms with Gasteiger partial charge in [0.15, 0.2) is 0 Å². The van der Waals surface area contributed by atoms with Crippen molar-refractivity contribution in [2.24, 2.45) is 0 Å². The van der Waals surface area contributed by atoms with Gasteiger partial charge in [0.1, 0.15) is 6.10 Å². The molecule has 1 heterocycles. The van der Waals surface area contributed by atoms with Gasteiger partial charge in [-0.1, -0.05) is 0 Å². The van der Waals surface area contributed by atoms with Gasteiger partial charge in [0.25, 0.3) is 6.47 Å². The van der Waals surface area contributed by atoms with E-state index in [1.165, 1.54) is 0 Å². The Bertz CT molecular complexity index is 157. The van der Waals surface area contributed by atoms with Gasteiger partial charge in [-0.15, -0.1) is 0 Å². The van der Waals surface area contributed by atoms with E-state index in [4.69, 9.17) is 0 Å². The Labute approximate surface area is 58.8 Å². The molecule has 0 aromatic rings. The zero-order valence-electron chi connectivity index (χ0n) is 5.74. The van der Waals surface area contributed by atoms with E-state index in [9.17, 15) is 9.59 Å². The highest BCUT2D eigenvalue weighted by atomic mass is 16.5. The van der Waals surface area contributed by atoms with Crippen LogP contribution in [0.1, 0.15) is 6.42 Å². The number of carbonyl (C=O) groups excluding carboxylic acids is 2. The molecule has 0 spiro atoms. The molecule has 56 valence electrons. The molecule has 1 amide bonds. The topological polar surface area (TPSA) is 46.6 Å². The molecule has 0 saturated carbocycles. The number of rotatable bonds is 2.